The molecule has 2 rings (SSSR count). The second-order valence-corrected chi connectivity index (χ2v) is 5.06. The van der Waals surface area contributed by atoms with Gasteiger partial charge in [0.15, 0.2) is 0 Å². The van der Waals surface area contributed by atoms with E-state index in [0.717, 1.165) is 31.5 Å². The number of alkyl halides is 1. The molecule has 2 nitrogen and oxygen atoms in total. The summed E-state index contributed by atoms with van der Waals surface area (Å²) in [5, 5.41) is -0.535. The standard InChI is InChI=1S/C14H18ClNO/c1-2-11-8-9-16(10-11)14(17)13(15)12-6-4-3-5-7-12/h3-7,11,13H,2,8-10H2,1H3. The quantitative estimate of drug-likeness (QED) is 0.756. The van der Waals surface area contributed by atoms with Gasteiger partial charge in [-0.1, -0.05) is 43.7 Å². The predicted molar refractivity (Wildman–Crippen MR) is 70.0 cm³/mol. The minimum absolute atomic E-state index is 0.0498. The van der Waals surface area contributed by atoms with Gasteiger partial charge in [-0.2, -0.15) is 0 Å². The van der Waals surface area contributed by atoms with Crippen LogP contribution in [0.4, 0.5) is 0 Å². The predicted octanol–water partition coefficient (Wildman–Crippen LogP) is 3.23. The first-order chi connectivity index (χ1) is 8.22. The van der Waals surface area contributed by atoms with Gasteiger partial charge in [-0.3, -0.25) is 4.79 Å². The molecule has 0 spiro atoms. The van der Waals surface area contributed by atoms with Crippen LogP contribution in [0.1, 0.15) is 30.7 Å². The van der Waals surface area contributed by atoms with E-state index in [0.29, 0.717) is 5.92 Å². The summed E-state index contributed by atoms with van der Waals surface area (Å²) in [5.41, 5.74) is 0.888. The normalized spacial score (nSPS) is 21.5. The zero-order valence-electron chi connectivity index (χ0n) is 10.1. The molecule has 1 amide bonds. The van der Waals surface area contributed by atoms with Gasteiger partial charge in [0.05, 0.1) is 0 Å². The van der Waals surface area contributed by atoms with Crippen LogP contribution >= 0.6 is 11.6 Å². The lowest BCUT2D eigenvalue weighted by molar-refractivity contribution is -0.130. The summed E-state index contributed by atoms with van der Waals surface area (Å²) in [6.45, 7) is 3.90. The lowest BCUT2D eigenvalue weighted by Crippen LogP contribution is -2.31. The van der Waals surface area contributed by atoms with Gasteiger partial charge in [0.2, 0.25) is 5.91 Å². The molecule has 0 aliphatic carbocycles. The van der Waals surface area contributed by atoms with E-state index in [1.165, 1.54) is 0 Å². The first kappa shape index (κ1) is 12.4. The smallest absolute Gasteiger partial charge is 0.245 e. The summed E-state index contributed by atoms with van der Waals surface area (Å²) in [4.78, 5) is 14.1. The Balaban J connectivity index is 2.01. The van der Waals surface area contributed by atoms with Crippen molar-refractivity contribution in [2.75, 3.05) is 13.1 Å². The average molecular weight is 252 g/mol. The lowest BCUT2D eigenvalue weighted by atomic mass is 10.1. The Kier molecular flexibility index (Phi) is 4.06. The highest BCUT2D eigenvalue weighted by Crippen LogP contribution is 2.27. The van der Waals surface area contributed by atoms with E-state index < -0.39 is 5.38 Å². The van der Waals surface area contributed by atoms with Gasteiger partial charge in [0, 0.05) is 13.1 Å². The van der Waals surface area contributed by atoms with Gasteiger partial charge in [0.1, 0.15) is 5.38 Å². The molecule has 1 aliphatic rings. The molecule has 1 fully saturated rings. The fourth-order valence-corrected chi connectivity index (χ4v) is 2.57. The maximum Gasteiger partial charge on any atom is 0.245 e. The van der Waals surface area contributed by atoms with Crippen LogP contribution in [0.25, 0.3) is 0 Å². The second-order valence-electron chi connectivity index (χ2n) is 4.62. The minimum Gasteiger partial charge on any atom is -0.341 e. The van der Waals surface area contributed by atoms with Crippen LogP contribution in [-0.4, -0.2) is 23.9 Å². The van der Waals surface area contributed by atoms with Crippen LogP contribution in [0.5, 0.6) is 0 Å². The number of hydrogen-bond donors (Lipinski definition) is 0. The molecule has 0 saturated carbocycles. The number of amides is 1. The van der Waals surface area contributed by atoms with Crippen molar-refractivity contribution in [1.82, 2.24) is 4.90 Å². The topological polar surface area (TPSA) is 20.3 Å². The highest BCUT2D eigenvalue weighted by atomic mass is 35.5. The monoisotopic (exact) mass is 251 g/mol. The van der Waals surface area contributed by atoms with E-state index in [-0.39, 0.29) is 5.91 Å². The number of carbonyl (C=O) groups excluding carboxylic acids is 1. The van der Waals surface area contributed by atoms with E-state index in [2.05, 4.69) is 6.92 Å². The van der Waals surface area contributed by atoms with Gasteiger partial charge in [-0.05, 0) is 17.9 Å². The largest absolute Gasteiger partial charge is 0.341 e. The van der Waals surface area contributed by atoms with Gasteiger partial charge >= 0.3 is 0 Å². The van der Waals surface area contributed by atoms with Crippen LogP contribution < -0.4 is 0 Å². The molecule has 1 aromatic carbocycles. The summed E-state index contributed by atoms with van der Waals surface area (Å²) in [5.74, 6) is 0.701. The Labute approximate surface area is 108 Å². The van der Waals surface area contributed by atoms with Crippen molar-refractivity contribution < 1.29 is 4.79 Å². The number of rotatable bonds is 3. The highest BCUT2D eigenvalue weighted by molar-refractivity contribution is 6.30. The number of halogens is 1. The molecular formula is C14H18ClNO. The zero-order valence-corrected chi connectivity index (χ0v) is 10.9. The molecule has 2 unspecified atom stereocenters. The van der Waals surface area contributed by atoms with Crippen molar-refractivity contribution in [3.8, 4) is 0 Å². The molecular weight excluding hydrogens is 234 g/mol. The SMILES string of the molecule is CCC1CCN(C(=O)C(Cl)c2ccccc2)C1. The summed E-state index contributed by atoms with van der Waals surface area (Å²) >= 11 is 6.24. The molecule has 1 saturated heterocycles. The molecule has 0 N–H and O–H groups in total. The van der Waals surface area contributed by atoms with Crippen molar-refractivity contribution in [1.29, 1.82) is 0 Å². The van der Waals surface area contributed by atoms with Gasteiger partial charge in [-0.15, -0.1) is 11.6 Å². The molecule has 1 heterocycles. The second kappa shape index (κ2) is 5.54. The molecule has 1 aromatic rings. The van der Waals surface area contributed by atoms with Crippen molar-refractivity contribution in [3.05, 3.63) is 35.9 Å². The van der Waals surface area contributed by atoms with E-state index in [9.17, 15) is 4.79 Å². The number of likely N-dealkylation sites (tertiary alicyclic amines) is 1. The minimum atomic E-state index is -0.535. The average Bonchev–Trinajstić information content (AvgIpc) is 2.87. The van der Waals surface area contributed by atoms with Crippen molar-refractivity contribution in [2.45, 2.75) is 25.1 Å². The Morgan fingerprint density at radius 2 is 2.18 bits per heavy atom. The lowest BCUT2D eigenvalue weighted by Gasteiger charge is -2.19. The van der Waals surface area contributed by atoms with E-state index in [1.54, 1.807) is 0 Å². The first-order valence-corrected chi connectivity index (χ1v) is 6.63. The van der Waals surface area contributed by atoms with Crippen LogP contribution in [0.15, 0.2) is 30.3 Å². The van der Waals surface area contributed by atoms with E-state index in [1.807, 2.05) is 35.2 Å². The third kappa shape index (κ3) is 2.81. The Hall–Kier alpha value is -1.02. The fourth-order valence-electron chi connectivity index (χ4n) is 2.29. The molecule has 0 bridgehead atoms. The Bertz CT molecular complexity index is 379. The fraction of sp³-hybridized carbons (Fsp3) is 0.500. The van der Waals surface area contributed by atoms with Crippen molar-refractivity contribution >= 4 is 17.5 Å². The van der Waals surface area contributed by atoms with Crippen LogP contribution in [0, 0.1) is 5.92 Å². The summed E-state index contributed by atoms with van der Waals surface area (Å²) in [7, 11) is 0. The molecule has 0 aromatic heterocycles. The molecule has 2 atom stereocenters. The molecule has 0 radical (unpaired) electrons. The Morgan fingerprint density at radius 3 is 2.76 bits per heavy atom. The third-order valence-electron chi connectivity index (χ3n) is 3.48. The molecule has 17 heavy (non-hydrogen) atoms. The maximum atomic E-state index is 12.2. The summed E-state index contributed by atoms with van der Waals surface area (Å²) < 4.78 is 0. The van der Waals surface area contributed by atoms with Crippen LogP contribution in [0.2, 0.25) is 0 Å². The van der Waals surface area contributed by atoms with Gasteiger partial charge in [0.25, 0.3) is 0 Å². The number of carbonyl (C=O) groups is 1. The van der Waals surface area contributed by atoms with Crippen LogP contribution in [-0.2, 0) is 4.79 Å². The summed E-state index contributed by atoms with van der Waals surface area (Å²) in [6.07, 6.45) is 2.25. The van der Waals surface area contributed by atoms with Crippen LogP contribution in [0.3, 0.4) is 0 Å². The third-order valence-corrected chi connectivity index (χ3v) is 3.92. The molecule has 1 aliphatic heterocycles. The molecule has 3 heteroatoms. The first-order valence-electron chi connectivity index (χ1n) is 6.20. The maximum absolute atomic E-state index is 12.2. The number of hydrogen-bond acceptors (Lipinski definition) is 1. The summed E-state index contributed by atoms with van der Waals surface area (Å²) in [6, 6.07) is 9.57. The van der Waals surface area contributed by atoms with Gasteiger partial charge in [-0.25, -0.2) is 0 Å². The number of benzene rings is 1. The van der Waals surface area contributed by atoms with Crippen molar-refractivity contribution in [3.63, 3.8) is 0 Å². The van der Waals surface area contributed by atoms with Crippen molar-refractivity contribution in [2.24, 2.45) is 5.92 Å². The highest BCUT2D eigenvalue weighted by Gasteiger charge is 2.29. The number of nitrogens with zero attached hydrogens (tertiary/aromatic N) is 1. The van der Waals surface area contributed by atoms with Gasteiger partial charge < -0.3 is 4.90 Å². The molecule has 92 valence electrons. The van der Waals surface area contributed by atoms with E-state index >= 15 is 0 Å². The van der Waals surface area contributed by atoms with E-state index in [4.69, 9.17) is 11.6 Å². The zero-order chi connectivity index (χ0) is 12.3. The Morgan fingerprint density at radius 1 is 1.47 bits per heavy atom.